The van der Waals surface area contributed by atoms with E-state index < -0.39 is 5.92 Å². The Bertz CT molecular complexity index is 203. The van der Waals surface area contributed by atoms with Crippen molar-refractivity contribution in [3.8, 4) is 12.1 Å². The predicted octanol–water partition coefficient (Wildman–Crippen LogP) is 1.57. The van der Waals surface area contributed by atoms with Crippen LogP contribution >= 0.6 is 0 Å². The van der Waals surface area contributed by atoms with Crippen LogP contribution in [0.5, 0.6) is 0 Å². The third-order valence-corrected chi connectivity index (χ3v) is 2.53. The van der Waals surface area contributed by atoms with Gasteiger partial charge in [-0.3, -0.25) is 0 Å². The standard InChI is InChI=1S/C10H15N3/c11-7-9(8-12)5-6-13-10-3-1-2-4-10/h9-10,13H,1-6H2. The average molecular weight is 177 g/mol. The predicted molar refractivity (Wildman–Crippen MR) is 49.6 cm³/mol. The zero-order valence-corrected chi connectivity index (χ0v) is 7.79. The molecule has 0 aliphatic heterocycles. The number of hydrogen-bond acceptors (Lipinski definition) is 3. The van der Waals surface area contributed by atoms with Crippen molar-refractivity contribution in [2.75, 3.05) is 6.54 Å². The van der Waals surface area contributed by atoms with E-state index in [2.05, 4.69) is 5.32 Å². The fourth-order valence-corrected chi connectivity index (χ4v) is 1.72. The van der Waals surface area contributed by atoms with Crippen molar-refractivity contribution < 1.29 is 0 Å². The molecule has 0 radical (unpaired) electrons. The van der Waals surface area contributed by atoms with E-state index in [0.717, 1.165) is 6.54 Å². The molecule has 70 valence electrons. The normalized spacial score (nSPS) is 17.2. The largest absolute Gasteiger partial charge is 0.314 e. The Morgan fingerprint density at radius 1 is 1.23 bits per heavy atom. The van der Waals surface area contributed by atoms with Crippen molar-refractivity contribution in [2.45, 2.75) is 38.1 Å². The number of rotatable bonds is 4. The van der Waals surface area contributed by atoms with E-state index in [-0.39, 0.29) is 0 Å². The molecule has 1 aliphatic carbocycles. The highest BCUT2D eigenvalue weighted by molar-refractivity contribution is 4.98. The molecule has 0 spiro atoms. The van der Waals surface area contributed by atoms with Crippen LogP contribution in [0, 0.1) is 28.6 Å². The van der Waals surface area contributed by atoms with E-state index in [4.69, 9.17) is 10.5 Å². The Balaban J connectivity index is 2.07. The summed E-state index contributed by atoms with van der Waals surface area (Å²) in [6, 6.07) is 4.59. The highest BCUT2D eigenvalue weighted by Gasteiger charge is 2.14. The van der Waals surface area contributed by atoms with Crippen molar-refractivity contribution in [1.29, 1.82) is 10.5 Å². The summed E-state index contributed by atoms with van der Waals surface area (Å²) < 4.78 is 0. The number of nitrogens with one attached hydrogen (secondary N) is 1. The van der Waals surface area contributed by atoms with Gasteiger partial charge in [-0.15, -0.1) is 0 Å². The lowest BCUT2D eigenvalue weighted by Crippen LogP contribution is -2.27. The van der Waals surface area contributed by atoms with Crippen molar-refractivity contribution >= 4 is 0 Å². The van der Waals surface area contributed by atoms with Gasteiger partial charge >= 0.3 is 0 Å². The minimum absolute atomic E-state index is 0.436. The molecule has 0 atom stereocenters. The molecule has 0 aromatic heterocycles. The second kappa shape index (κ2) is 5.56. The fraction of sp³-hybridized carbons (Fsp3) is 0.800. The first kappa shape index (κ1) is 10.0. The van der Waals surface area contributed by atoms with E-state index >= 15 is 0 Å². The van der Waals surface area contributed by atoms with Gasteiger partial charge in [0, 0.05) is 6.04 Å². The Kier molecular flexibility index (Phi) is 4.29. The van der Waals surface area contributed by atoms with Gasteiger partial charge in [-0.2, -0.15) is 10.5 Å². The maximum atomic E-state index is 8.52. The molecule has 1 saturated carbocycles. The average Bonchev–Trinajstić information content (AvgIpc) is 2.65. The molecule has 0 saturated heterocycles. The second-order valence-electron chi connectivity index (χ2n) is 3.53. The van der Waals surface area contributed by atoms with Crippen LogP contribution in [-0.4, -0.2) is 12.6 Å². The molecule has 0 aromatic rings. The molecule has 1 N–H and O–H groups in total. The van der Waals surface area contributed by atoms with E-state index in [1.54, 1.807) is 0 Å². The van der Waals surface area contributed by atoms with Gasteiger partial charge < -0.3 is 5.32 Å². The van der Waals surface area contributed by atoms with Crippen LogP contribution in [0.15, 0.2) is 0 Å². The SMILES string of the molecule is N#CC(C#N)CCNC1CCCC1. The topological polar surface area (TPSA) is 59.6 Å². The Morgan fingerprint density at radius 2 is 1.85 bits per heavy atom. The summed E-state index contributed by atoms with van der Waals surface area (Å²) in [4.78, 5) is 0. The highest BCUT2D eigenvalue weighted by Crippen LogP contribution is 2.17. The zero-order valence-electron chi connectivity index (χ0n) is 7.79. The molecule has 0 aromatic carbocycles. The molecule has 3 heteroatoms. The van der Waals surface area contributed by atoms with Gasteiger partial charge in [-0.1, -0.05) is 12.8 Å². The van der Waals surface area contributed by atoms with Crippen LogP contribution < -0.4 is 5.32 Å². The van der Waals surface area contributed by atoms with Crippen LogP contribution in [0.1, 0.15) is 32.1 Å². The van der Waals surface area contributed by atoms with Gasteiger partial charge in [0.1, 0.15) is 5.92 Å². The maximum absolute atomic E-state index is 8.52. The minimum atomic E-state index is -0.436. The van der Waals surface area contributed by atoms with Crippen molar-refractivity contribution in [1.82, 2.24) is 5.32 Å². The second-order valence-corrected chi connectivity index (χ2v) is 3.53. The monoisotopic (exact) mass is 177 g/mol. The van der Waals surface area contributed by atoms with Crippen molar-refractivity contribution in [2.24, 2.45) is 5.92 Å². The zero-order chi connectivity index (χ0) is 9.52. The van der Waals surface area contributed by atoms with Crippen LogP contribution in [-0.2, 0) is 0 Å². The van der Waals surface area contributed by atoms with Crippen LogP contribution in [0.4, 0.5) is 0 Å². The summed E-state index contributed by atoms with van der Waals surface area (Å²) >= 11 is 0. The Labute approximate surface area is 79.4 Å². The molecule has 0 heterocycles. The highest BCUT2D eigenvalue weighted by atomic mass is 14.9. The first-order valence-corrected chi connectivity index (χ1v) is 4.89. The number of nitriles is 2. The number of nitrogens with zero attached hydrogens (tertiary/aromatic N) is 2. The lowest BCUT2D eigenvalue weighted by atomic mass is 10.1. The lowest BCUT2D eigenvalue weighted by Gasteiger charge is -2.10. The first-order valence-electron chi connectivity index (χ1n) is 4.89. The van der Waals surface area contributed by atoms with Crippen molar-refractivity contribution in [3.63, 3.8) is 0 Å². The Hall–Kier alpha value is -1.06. The van der Waals surface area contributed by atoms with Crippen LogP contribution in [0.25, 0.3) is 0 Å². The lowest BCUT2D eigenvalue weighted by molar-refractivity contribution is 0.504. The van der Waals surface area contributed by atoms with Gasteiger partial charge in [0.2, 0.25) is 0 Å². The summed E-state index contributed by atoms with van der Waals surface area (Å²) in [6.45, 7) is 0.802. The number of hydrogen-bond donors (Lipinski definition) is 1. The van der Waals surface area contributed by atoms with Gasteiger partial charge in [0.15, 0.2) is 0 Å². The quantitative estimate of drug-likeness (QED) is 0.709. The molecule has 0 bridgehead atoms. The summed E-state index contributed by atoms with van der Waals surface area (Å²) in [6.07, 6.45) is 5.80. The first-order chi connectivity index (χ1) is 6.36. The van der Waals surface area contributed by atoms with Crippen molar-refractivity contribution in [3.05, 3.63) is 0 Å². The smallest absolute Gasteiger partial charge is 0.134 e. The summed E-state index contributed by atoms with van der Waals surface area (Å²) in [5, 5.41) is 20.4. The van der Waals surface area contributed by atoms with E-state index in [1.165, 1.54) is 25.7 Å². The molecule has 1 fully saturated rings. The van der Waals surface area contributed by atoms with Gasteiger partial charge in [0.05, 0.1) is 12.1 Å². The molecular weight excluding hydrogens is 162 g/mol. The van der Waals surface area contributed by atoms with Gasteiger partial charge in [-0.25, -0.2) is 0 Å². The van der Waals surface area contributed by atoms with Gasteiger partial charge in [0.25, 0.3) is 0 Å². The summed E-state index contributed by atoms with van der Waals surface area (Å²) in [5.74, 6) is -0.436. The van der Waals surface area contributed by atoms with E-state index in [9.17, 15) is 0 Å². The van der Waals surface area contributed by atoms with Gasteiger partial charge in [-0.05, 0) is 25.8 Å². The summed E-state index contributed by atoms with van der Waals surface area (Å²) in [7, 11) is 0. The third-order valence-electron chi connectivity index (χ3n) is 2.53. The third kappa shape index (κ3) is 3.44. The van der Waals surface area contributed by atoms with Crippen LogP contribution in [0.2, 0.25) is 0 Å². The fourth-order valence-electron chi connectivity index (χ4n) is 1.72. The molecule has 0 unspecified atom stereocenters. The van der Waals surface area contributed by atoms with Crippen LogP contribution in [0.3, 0.4) is 0 Å². The molecule has 1 aliphatic rings. The maximum Gasteiger partial charge on any atom is 0.134 e. The molecule has 0 amide bonds. The molecule has 3 nitrogen and oxygen atoms in total. The molecule has 13 heavy (non-hydrogen) atoms. The molecule has 1 rings (SSSR count). The minimum Gasteiger partial charge on any atom is -0.314 e. The Morgan fingerprint density at radius 3 is 2.38 bits per heavy atom. The summed E-state index contributed by atoms with van der Waals surface area (Å²) in [5.41, 5.74) is 0. The van der Waals surface area contributed by atoms with E-state index in [1.807, 2.05) is 12.1 Å². The van der Waals surface area contributed by atoms with E-state index in [0.29, 0.717) is 12.5 Å². The molecular formula is C10H15N3.